The van der Waals surface area contributed by atoms with Crippen LogP contribution in [0.3, 0.4) is 0 Å². The summed E-state index contributed by atoms with van der Waals surface area (Å²) in [6, 6.07) is 13.7. The Balaban J connectivity index is 1.71. The standard InChI is InChI=1S/C20H24N2O2/c1-2-24-19-8-6-7-16(20(19)23)15-21-17-9-11-18(12-10-17)22-13-4-3-5-14-22/h6-12,15,23H,2-5,13-14H2,1H3. The van der Waals surface area contributed by atoms with E-state index in [1.165, 1.54) is 24.9 Å². The number of hydrogen-bond acceptors (Lipinski definition) is 4. The van der Waals surface area contributed by atoms with Crippen molar-refractivity contribution in [2.24, 2.45) is 4.99 Å². The number of anilines is 1. The Morgan fingerprint density at radius 3 is 2.54 bits per heavy atom. The minimum absolute atomic E-state index is 0.132. The number of hydrogen-bond donors (Lipinski definition) is 1. The molecule has 1 saturated heterocycles. The zero-order chi connectivity index (χ0) is 16.8. The smallest absolute Gasteiger partial charge is 0.166 e. The fourth-order valence-electron chi connectivity index (χ4n) is 2.96. The molecule has 0 spiro atoms. The Morgan fingerprint density at radius 2 is 1.83 bits per heavy atom. The van der Waals surface area contributed by atoms with Gasteiger partial charge in [-0.3, -0.25) is 4.99 Å². The van der Waals surface area contributed by atoms with Crippen LogP contribution in [0.25, 0.3) is 0 Å². The van der Waals surface area contributed by atoms with E-state index in [0.29, 0.717) is 17.9 Å². The maximum atomic E-state index is 10.2. The molecule has 24 heavy (non-hydrogen) atoms. The second kappa shape index (κ2) is 7.86. The lowest BCUT2D eigenvalue weighted by atomic mass is 10.1. The van der Waals surface area contributed by atoms with Crippen LogP contribution in [-0.4, -0.2) is 31.0 Å². The van der Waals surface area contributed by atoms with Gasteiger partial charge in [-0.05, 0) is 62.6 Å². The van der Waals surface area contributed by atoms with Gasteiger partial charge in [-0.1, -0.05) is 6.07 Å². The largest absolute Gasteiger partial charge is 0.504 e. The molecule has 1 aliphatic rings. The van der Waals surface area contributed by atoms with Crippen LogP contribution in [0, 0.1) is 0 Å². The molecule has 2 aromatic carbocycles. The molecule has 1 aliphatic heterocycles. The van der Waals surface area contributed by atoms with Gasteiger partial charge in [0.1, 0.15) is 0 Å². The summed E-state index contributed by atoms with van der Waals surface area (Å²) in [7, 11) is 0. The van der Waals surface area contributed by atoms with E-state index < -0.39 is 0 Å². The summed E-state index contributed by atoms with van der Waals surface area (Å²) in [6.07, 6.45) is 5.56. The van der Waals surface area contributed by atoms with E-state index in [1.54, 1.807) is 12.3 Å². The van der Waals surface area contributed by atoms with Crippen LogP contribution in [0.1, 0.15) is 31.7 Å². The van der Waals surface area contributed by atoms with Crippen molar-refractivity contribution in [2.75, 3.05) is 24.6 Å². The number of phenolic OH excluding ortho intramolecular Hbond substituents is 1. The Kier molecular flexibility index (Phi) is 5.36. The molecule has 1 N–H and O–H groups in total. The maximum Gasteiger partial charge on any atom is 0.166 e. The lowest BCUT2D eigenvalue weighted by molar-refractivity contribution is 0.318. The lowest BCUT2D eigenvalue weighted by Crippen LogP contribution is -2.29. The lowest BCUT2D eigenvalue weighted by Gasteiger charge is -2.28. The third kappa shape index (κ3) is 3.88. The molecule has 0 saturated carbocycles. The summed E-state index contributed by atoms with van der Waals surface area (Å²) in [5, 5.41) is 10.2. The molecule has 1 heterocycles. The van der Waals surface area contributed by atoms with E-state index in [4.69, 9.17) is 4.74 Å². The van der Waals surface area contributed by atoms with Gasteiger partial charge < -0.3 is 14.7 Å². The average Bonchev–Trinajstić information content (AvgIpc) is 2.64. The molecule has 0 amide bonds. The van der Waals surface area contributed by atoms with Gasteiger partial charge >= 0.3 is 0 Å². The highest BCUT2D eigenvalue weighted by atomic mass is 16.5. The van der Waals surface area contributed by atoms with Crippen molar-refractivity contribution in [1.29, 1.82) is 0 Å². The van der Waals surface area contributed by atoms with Crippen LogP contribution in [0.2, 0.25) is 0 Å². The summed E-state index contributed by atoms with van der Waals surface area (Å²) >= 11 is 0. The Bertz CT molecular complexity index is 689. The van der Waals surface area contributed by atoms with Crippen molar-refractivity contribution in [2.45, 2.75) is 26.2 Å². The first-order valence-electron chi connectivity index (χ1n) is 8.62. The van der Waals surface area contributed by atoms with Crippen LogP contribution in [0.4, 0.5) is 11.4 Å². The first kappa shape index (κ1) is 16.4. The van der Waals surface area contributed by atoms with E-state index >= 15 is 0 Å². The minimum Gasteiger partial charge on any atom is -0.504 e. The summed E-state index contributed by atoms with van der Waals surface area (Å²) in [5.41, 5.74) is 2.79. The van der Waals surface area contributed by atoms with Crippen LogP contribution < -0.4 is 9.64 Å². The Hall–Kier alpha value is -2.49. The minimum atomic E-state index is 0.132. The molecule has 0 aliphatic carbocycles. The molecule has 0 bridgehead atoms. The van der Waals surface area contributed by atoms with Crippen molar-refractivity contribution in [3.05, 3.63) is 48.0 Å². The van der Waals surface area contributed by atoms with Gasteiger partial charge in [-0.25, -0.2) is 0 Å². The molecule has 0 aromatic heterocycles. The second-order valence-corrected chi connectivity index (χ2v) is 5.95. The number of piperidine rings is 1. The predicted octanol–water partition coefficient (Wildman–Crippen LogP) is 4.53. The van der Waals surface area contributed by atoms with Gasteiger partial charge in [0.05, 0.1) is 12.3 Å². The second-order valence-electron chi connectivity index (χ2n) is 5.95. The molecular formula is C20H24N2O2. The van der Waals surface area contributed by atoms with E-state index in [0.717, 1.165) is 18.8 Å². The molecule has 0 unspecified atom stereocenters. The zero-order valence-corrected chi connectivity index (χ0v) is 14.1. The van der Waals surface area contributed by atoms with Crippen LogP contribution >= 0.6 is 0 Å². The van der Waals surface area contributed by atoms with Crippen molar-refractivity contribution < 1.29 is 9.84 Å². The van der Waals surface area contributed by atoms with Gasteiger partial charge in [-0.15, -0.1) is 0 Å². The number of benzene rings is 2. The number of para-hydroxylation sites is 1. The molecule has 4 nitrogen and oxygen atoms in total. The van der Waals surface area contributed by atoms with Crippen molar-refractivity contribution in [1.82, 2.24) is 0 Å². The zero-order valence-electron chi connectivity index (χ0n) is 14.1. The quantitative estimate of drug-likeness (QED) is 0.822. The molecule has 126 valence electrons. The topological polar surface area (TPSA) is 45.1 Å². The summed E-state index contributed by atoms with van der Waals surface area (Å²) in [6.45, 7) is 4.69. The fourth-order valence-corrected chi connectivity index (χ4v) is 2.96. The van der Waals surface area contributed by atoms with Crippen molar-refractivity contribution in [3.63, 3.8) is 0 Å². The highest BCUT2D eigenvalue weighted by Gasteiger charge is 2.10. The van der Waals surface area contributed by atoms with Crippen molar-refractivity contribution in [3.8, 4) is 11.5 Å². The van der Waals surface area contributed by atoms with Crippen molar-refractivity contribution >= 4 is 17.6 Å². The predicted molar refractivity (Wildman–Crippen MR) is 99.0 cm³/mol. The molecule has 2 aromatic rings. The highest BCUT2D eigenvalue weighted by Crippen LogP contribution is 2.29. The van der Waals surface area contributed by atoms with E-state index in [1.807, 2.05) is 31.2 Å². The number of aliphatic imine (C=N–C) groups is 1. The number of aromatic hydroxyl groups is 1. The molecule has 3 rings (SSSR count). The normalized spacial score (nSPS) is 15.0. The molecular weight excluding hydrogens is 300 g/mol. The molecule has 4 heteroatoms. The SMILES string of the molecule is CCOc1cccc(C=Nc2ccc(N3CCCCC3)cc2)c1O. The third-order valence-electron chi connectivity index (χ3n) is 4.25. The molecule has 1 fully saturated rings. The fraction of sp³-hybridized carbons (Fsp3) is 0.350. The number of phenols is 1. The first-order chi connectivity index (χ1) is 11.8. The highest BCUT2D eigenvalue weighted by molar-refractivity contribution is 5.86. The summed E-state index contributed by atoms with van der Waals surface area (Å²) < 4.78 is 5.40. The van der Waals surface area contributed by atoms with E-state index in [-0.39, 0.29) is 5.75 Å². The van der Waals surface area contributed by atoms with Gasteiger partial charge in [0.2, 0.25) is 0 Å². The van der Waals surface area contributed by atoms with Gasteiger partial charge in [-0.2, -0.15) is 0 Å². The van der Waals surface area contributed by atoms with Crippen LogP contribution in [0.15, 0.2) is 47.5 Å². The average molecular weight is 324 g/mol. The summed E-state index contributed by atoms with van der Waals surface area (Å²) in [5.74, 6) is 0.620. The van der Waals surface area contributed by atoms with E-state index in [2.05, 4.69) is 22.0 Å². The van der Waals surface area contributed by atoms with Crippen LogP contribution in [0.5, 0.6) is 11.5 Å². The maximum absolute atomic E-state index is 10.2. The number of ether oxygens (including phenoxy) is 1. The molecule has 0 radical (unpaired) electrons. The van der Waals surface area contributed by atoms with Gasteiger partial charge in [0.15, 0.2) is 11.5 Å². The third-order valence-corrected chi connectivity index (χ3v) is 4.25. The number of rotatable bonds is 5. The Morgan fingerprint density at radius 1 is 1.08 bits per heavy atom. The molecule has 0 atom stereocenters. The van der Waals surface area contributed by atoms with Gasteiger partial charge in [0, 0.05) is 30.6 Å². The summed E-state index contributed by atoms with van der Waals surface area (Å²) in [4.78, 5) is 6.89. The van der Waals surface area contributed by atoms with E-state index in [9.17, 15) is 5.11 Å². The first-order valence-corrected chi connectivity index (χ1v) is 8.62. The van der Waals surface area contributed by atoms with Gasteiger partial charge in [0.25, 0.3) is 0 Å². The van der Waals surface area contributed by atoms with Crippen LogP contribution in [-0.2, 0) is 0 Å². The monoisotopic (exact) mass is 324 g/mol. The number of nitrogens with zero attached hydrogens (tertiary/aromatic N) is 2. The Labute approximate surface area is 143 Å².